The zero-order valence-corrected chi connectivity index (χ0v) is 10.6. The van der Waals surface area contributed by atoms with Crippen LogP contribution in [0.3, 0.4) is 0 Å². The molecule has 1 fully saturated rings. The van der Waals surface area contributed by atoms with E-state index in [9.17, 15) is 0 Å². The molecule has 0 radical (unpaired) electrons. The molecule has 3 atom stereocenters. The minimum Gasteiger partial charge on any atom is -0.271 e. The van der Waals surface area contributed by atoms with Gasteiger partial charge in [0, 0.05) is 18.4 Å². The first-order valence-electron chi connectivity index (χ1n) is 6.72. The topological polar surface area (TPSA) is 50.9 Å². The lowest BCUT2D eigenvalue weighted by Crippen LogP contribution is -2.38. The molecule has 1 heterocycles. The Hall–Kier alpha value is -0.930. The molecule has 3 unspecified atom stereocenters. The van der Waals surface area contributed by atoms with Gasteiger partial charge in [0.2, 0.25) is 0 Å². The summed E-state index contributed by atoms with van der Waals surface area (Å²) in [4.78, 5) is 4.08. The molecule has 3 heteroatoms. The van der Waals surface area contributed by atoms with Crippen LogP contribution in [0.15, 0.2) is 24.5 Å². The van der Waals surface area contributed by atoms with Gasteiger partial charge in [-0.15, -0.1) is 0 Å². The van der Waals surface area contributed by atoms with Gasteiger partial charge in [0.15, 0.2) is 0 Å². The van der Waals surface area contributed by atoms with Gasteiger partial charge in [-0.3, -0.25) is 16.3 Å². The highest BCUT2D eigenvalue weighted by Gasteiger charge is 2.30. The maximum absolute atomic E-state index is 5.78. The summed E-state index contributed by atoms with van der Waals surface area (Å²) in [6.07, 6.45) is 10.3. The molecule has 0 saturated heterocycles. The monoisotopic (exact) mass is 233 g/mol. The van der Waals surface area contributed by atoms with Gasteiger partial charge in [0.1, 0.15) is 0 Å². The van der Waals surface area contributed by atoms with Crippen molar-refractivity contribution in [1.82, 2.24) is 10.4 Å². The van der Waals surface area contributed by atoms with E-state index in [4.69, 9.17) is 5.84 Å². The molecule has 0 bridgehead atoms. The molecule has 1 aromatic heterocycles. The Labute approximate surface area is 104 Å². The van der Waals surface area contributed by atoms with Gasteiger partial charge in [0.25, 0.3) is 0 Å². The van der Waals surface area contributed by atoms with E-state index in [0.717, 1.165) is 5.92 Å². The zero-order chi connectivity index (χ0) is 12.1. The van der Waals surface area contributed by atoms with Crippen LogP contribution in [-0.4, -0.2) is 4.98 Å². The number of hydrazine groups is 1. The number of rotatable bonds is 4. The first kappa shape index (κ1) is 12.5. The Balaban J connectivity index is 2.16. The lowest BCUT2D eigenvalue weighted by molar-refractivity contribution is 0.176. The predicted molar refractivity (Wildman–Crippen MR) is 70.0 cm³/mol. The van der Waals surface area contributed by atoms with Crippen molar-refractivity contribution in [3.8, 4) is 0 Å². The fraction of sp³-hybridized carbons (Fsp3) is 0.643. The van der Waals surface area contributed by atoms with E-state index in [2.05, 4.69) is 29.5 Å². The summed E-state index contributed by atoms with van der Waals surface area (Å²) in [7, 11) is 0. The van der Waals surface area contributed by atoms with Gasteiger partial charge in [-0.25, -0.2) is 0 Å². The number of hydrogen-bond donors (Lipinski definition) is 2. The van der Waals surface area contributed by atoms with Crippen LogP contribution in [0.2, 0.25) is 0 Å². The van der Waals surface area contributed by atoms with Crippen molar-refractivity contribution in [2.24, 2.45) is 17.7 Å². The minimum atomic E-state index is 0.281. The number of nitrogens with one attached hydrogen (secondary N) is 1. The van der Waals surface area contributed by atoms with Crippen LogP contribution in [-0.2, 0) is 0 Å². The van der Waals surface area contributed by atoms with Crippen LogP contribution in [0.4, 0.5) is 0 Å². The zero-order valence-electron chi connectivity index (χ0n) is 10.6. The molecule has 0 aromatic carbocycles. The van der Waals surface area contributed by atoms with Crippen LogP contribution in [0, 0.1) is 11.8 Å². The maximum Gasteiger partial charge on any atom is 0.0491 e. The largest absolute Gasteiger partial charge is 0.271 e. The van der Waals surface area contributed by atoms with Crippen LogP contribution in [0.1, 0.15) is 50.6 Å². The lowest BCUT2D eigenvalue weighted by Gasteiger charge is -2.36. The summed E-state index contributed by atoms with van der Waals surface area (Å²) in [5.74, 6) is 7.25. The van der Waals surface area contributed by atoms with Crippen LogP contribution in [0.5, 0.6) is 0 Å². The van der Waals surface area contributed by atoms with E-state index in [1.807, 2.05) is 12.4 Å². The average molecular weight is 233 g/mol. The lowest BCUT2D eigenvalue weighted by atomic mass is 9.72. The van der Waals surface area contributed by atoms with Crippen molar-refractivity contribution in [1.29, 1.82) is 0 Å². The van der Waals surface area contributed by atoms with Gasteiger partial charge in [0.05, 0.1) is 0 Å². The number of pyridine rings is 1. The second-order valence-electron chi connectivity index (χ2n) is 5.04. The Morgan fingerprint density at radius 1 is 1.35 bits per heavy atom. The average Bonchev–Trinajstić information content (AvgIpc) is 2.41. The molecule has 1 aliphatic carbocycles. The SMILES string of the molecule is CCC1CCCCC1C(NN)c1ccncc1. The van der Waals surface area contributed by atoms with Crippen molar-refractivity contribution in [3.05, 3.63) is 30.1 Å². The molecule has 3 N–H and O–H groups in total. The fourth-order valence-electron chi connectivity index (χ4n) is 3.22. The summed E-state index contributed by atoms with van der Waals surface area (Å²) in [6, 6.07) is 4.43. The third-order valence-electron chi connectivity index (χ3n) is 4.17. The fourth-order valence-corrected chi connectivity index (χ4v) is 3.22. The van der Waals surface area contributed by atoms with Gasteiger partial charge in [-0.1, -0.05) is 32.6 Å². The van der Waals surface area contributed by atoms with Crippen molar-refractivity contribution in [3.63, 3.8) is 0 Å². The number of hydrogen-bond acceptors (Lipinski definition) is 3. The summed E-state index contributed by atoms with van der Waals surface area (Å²) >= 11 is 0. The molecule has 0 spiro atoms. The molecular weight excluding hydrogens is 210 g/mol. The molecule has 0 aliphatic heterocycles. The van der Waals surface area contributed by atoms with Crippen LogP contribution >= 0.6 is 0 Å². The normalized spacial score (nSPS) is 26.7. The predicted octanol–water partition coefficient (Wildman–Crippen LogP) is 2.80. The van der Waals surface area contributed by atoms with E-state index < -0.39 is 0 Å². The molecule has 3 nitrogen and oxygen atoms in total. The van der Waals surface area contributed by atoms with Crippen molar-refractivity contribution in [2.45, 2.75) is 45.1 Å². The standard InChI is InChI=1S/C14H23N3/c1-2-11-5-3-4-6-13(11)14(17-15)12-7-9-16-10-8-12/h7-11,13-14,17H,2-6,15H2,1H3. The summed E-state index contributed by atoms with van der Waals surface area (Å²) in [5, 5.41) is 0. The Morgan fingerprint density at radius 3 is 2.71 bits per heavy atom. The van der Waals surface area contributed by atoms with Gasteiger partial charge >= 0.3 is 0 Å². The first-order valence-corrected chi connectivity index (χ1v) is 6.72. The van der Waals surface area contributed by atoms with Crippen LogP contribution < -0.4 is 11.3 Å². The molecule has 17 heavy (non-hydrogen) atoms. The van der Waals surface area contributed by atoms with Crippen molar-refractivity contribution >= 4 is 0 Å². The Kier molecular flexibility index (Phi) is 4.51. The van der Waals surface area contributed by atoms with Gasteiger partial charge < -0.3 is 0 Å². The summed E-state index contributed by atoms with van der Waals surface area (Å²) in [5.41, 5.74) is 4.30. The number of nitrogens with two attached hydrogens (primary N) is 1. The second kappa shape index (κ2) is 6.12. The minimum absolute atomic E-state index is 0.281. The number of aromatic nitrogens is 1. The Morgan fingerprint density at radius 2 is 2.06 bits per heavy atom. The third-order valence-corrected chi connectivity index (χ3v) is 4.17. The molecule has 1 saturated carbocycles. The maximum atomic E-state index is 5.78. The third kappa shape index (κ3) is 2.85. The quantitative estimate of drug-likeness (QED) is 0.621. The molecule has 1 aromatic rings. The van der Waals surface area contributed by atoms with E-state index >= 15 is 0 Å². The summed E-state index contributed by atoms with van der Waals surface area (Å²) in [6.45, 7) is 2.29. The van der Waals surface area contributed by atoms with E-state index in [-0.39, 0.29) is 6.04 Å². The highest BCUT2D eigenvalue weighted by atomic mass is 15.2. The number of nitrogens with zero attached hydrogens (tertiary/aromatic N) is 1. The van der Waals surface area contributed by atoms with Gasteiger partial charge in [-0.05, 0) is 36.0 Å². The van der Waals surface area contributed by atoms with Crippen molar-refractivity contribution < 1.29 is 0 Å². The summed E-state index contributed by atoms with van der Waals surface area (Å²) < 4.78 is 0. The van der Waals surface area contributed by atoms with E-state index in [0.29, 0.717) is 5.92 Å². The first-order chi connectivity index (χ1) is 8.36. The molecule has 1 aliphatic rings. The highest BCUT2D eigenvalue weighted by molar-refractivity contribution is 5.16. The Bertz CT molecular complexity index is 325. The van der Waals surface area contributed by atoms with Crippen molar-refractivity contribution in [2.75, 3.05) is 0 Å². The second-order valence-corrected chi connectivity index (χ2v) is 5.04. The molecule has 2 rings (SSSR count). The highest BCUT2D eigenvalue weighted by Crippen LogP contribution is 2.39. The van der Waals surface area contributed by atoms with Gasteiger partial charge in [-0.2, -0.15) is 0 Å². The molecule has 94 valence electrons. The molecular formula is C14H23N3. The smallest absolute Gasteiger partial charge is 0.0491 e. The molecule has 0 amide bonds. The van der Waals surface area contributed by atoms with E-state index in [1.54, 1.807) is 0 Å². The van der Waals surface area contributed by atoms with Crippen LogP contribution in [0.25, 0.3) is 0 Å². The van der Waals surface area contributed by atoms with E-state index in [1.165, 1.54) is 37.7 Å².